The summed E-state index contributed by atoms with van der Waals surface area (Å²) in [6.45, 7) is 0.557. The Morgan fingerprint density at radius 2 is 1.81 bits per heavy atom. The highest BCUT2D eigenvalue weighted by molar-refractivity contribution is 5.90. The normalized spacial score (nSPS) is 26.8. The molecule has 106 valence electrons. The molecule has 1 aliphatic carbocycles. The summed E-state index contributed by atoms with van der Waals surface area (Å²) in [5.74, 6) is -0.152. The maximum Gasteiger partial charge on any atom is 0.260 e. The minimum Gasteiger partial charge on any atom is -0.375 e. The lowest BCUT2D eigenvalue weighted by Gasteiger charge is -2.50. The van der Waals surface area contributed by atoms with Crippen LogP contribution >= 0.6 is 0 Å². The summed E-state index contributed by atoms with van der Waals surface area (Å²) in [4.78, 5) is 14.6. The zero-order valence-corrected chi connectivity index (χ0v) is 11.7. The van der Waals surface area contributed by atoms with Crippen molar-refractivity contribution in [2.45, 2.75) is 31.0 Å². The maximum atomic E-state index is 12.8. The van der Waals surface area contributed by atoms with Gasteiger partial charge in [-0.05, 0) is 29.5 Å². The topological polar surface area (TPSA) is 40.5 Å². The van der Waals surface area contributed by atoms with E-state index >= 15 is 0 Å². The van der Waals surface area contributed by atoms with E-state index in [1.165, 1.54) is 0 Å². The Morgan fingerprint density at radius 1 is 1.10 bits per heavy atom. The zero-order chi connectivity index (χ0) is 14.4. The maximum absolute atomic E-state index is 12.8. The third-order valence-corrected chi connectivity index (χ3v) is 4.73. The Labute approximate surface area is 123 Å². The number of benzene rings is 2. The average Bonchev–Trinajstić information content (AvgIpc) is 2.53. The quantitative estimate of drug-likeness (QED) is 0.918. The van der Waals surface area contributed by atoms with Gasteiger partial charge in [0.1, 0.15) is 0 Å². The largest absolute Gasteiger partial charge is 0.375 e. The second-order valence-electron chi connectivity index (χ2n) is 5.92. The number of aliphatic hydroxyl groups is 1. The van der Waals surface area contributed by atoms with Gasteiger partial charge in [0.05, 0.1) is 6.04 Å². The molecular formula is C18H17NO2. The average molecular weight is 279 g/mol. The van der Waals surface area contributed by atoms with Crippen LogP contribution in [0.3, 0.4) is 0 Å². The number of carbonyl (C=O) groups is 1. The molecule has 5 rings (SSSR count). The van der Waals surface area contributed by atoms with Crippen molar-refractivity contribution in [1.82, 2.24) is 4.90 Å². The van der Waals surface area contributed by atoms with Gasteiger partial charge in [0.25, 0.3) is 5.91 Å². The summed E-state index contributed by atoms with van der Waals surface area (Å²) >= 11 is 0. The van der Waals surface area contributed by atoms with Crippen molar-refractivity contribution in [2.75, 3.05) is 0 Å². The first kappa shape index (κ1) is 12.6. The summed E-state index contributed by atoms with van der Waals surface area (Å²) < 4.78 is 0. The lowest BCUT2D eigenvalue weighted by molar-refractivity contribution is -0.168. The summed E-state index contributed by atoms with van der Waals surface area (Å²) in [6.07, 6.45) is 1.35. The molecule has 3 heteroatoms. The number of hydrogen-bond donors (Lipinski definition) is 1. The molecule has 21 heavy (non-hydrogen) atoms. The van der Waals surface area contributed by atoms with Gasteiger partial charge < -0.3 is 10.0 Å². The van der Waals surface area contributed by atoms with Crippen LogP contribution < -0.4 is 0 Å². The molecule has 2 atom stereocenters. The molecule has 1 amide bonds. The van der Waals surface area contributed by atoms with E-state index in [2.05, 4.69) is 0 Å². The molecule has 2 heterocycles. The van der Waals surface area contributed by atoms with Gasteiger partial charge in [-0.15, -0.1) is 0 Å². The number of piperidine rings is 1. The molecule has 0 spiro atoms. The Hall–Kier alpha value is -2.13. The number of fused-ring (bicyclic) bond motifs is 2. The summed E-state index contributed by atoms with van der Waals surface area (Å²) in [5, 5.41) is 10.9. The summed E-state index contributed by atoms with van der Waals surface area (Å²) in [5.41, 5.74) is 1.66. The lowest BCUT2D eigenvalue weighted by atomic mass is 9.71. The van der Waals surface area contributed by atoms with Crippen LogP contribution in [-0.4, -0.2) is 15.9 Å². The molecule has 2 bridgehead atoms. The molecule has 0 radical (unpaired) electrons. The molecule has 2 aromatic carbocycles. The second kappa shape index (κ2) is 4.43. The molecular weight excluding hydrogens is 262 g/mol. The molecule has 1 fully saturated rings. The van der Waals surface area contributed by atoms with E-state index in [1.807, 2.05) is 59.5 Å². The number of amides is 1. The van der Waals surface area contributed by atoms with E-state index in [9.17, 15) is 9.90 Å². The third kappa shape index (κ3) is 1.74. The Kier molecular flexibility index (Phi) is 2.66. The second-order valence-corrected chi connectivity index (χ2v) is 5.92. The van der Waals surface area contributed by atoms with Crippen LogP contribution in [-0.2, 0) is 16.9 Å². The lowest BCUT2D eigenvalue weighted by Crippen LogP contribution is -2.56. The molecule has 3 aliphatic rings. The van der Waals surface area contributed by atoms with E-state index in [1.54, 1.807) is 0 Å². The third-order valence-electron chi connectivity index (χ3n) is 4.73. The van der Waals surface area contributed by atoms with Crippen molar-refractivity contribution in [3.8, 4) is 0 Å². The van der Waals surface area contributed by atoms with E-state index in [0.717, 1.165) is 23.1 Å². The van der Waals surface area contributed by atoms with Crippen molar-refractivity contribution in [2.24, 2.45) is 0 Å². The van der Waals surface area contributed by atoms with Crippen LogP contribution in [0.5, 0.6) is 0 Å². The van der Waals surface area contributed by atoms with E-state index in [4.69, 9.17) is 0 Å². The van der Waals surface area contributed by atoms with Crippen molar-refractivity contribution >= 4 is 5.91 Å². The first-order valence-corrected chi connectivity index (χ1v) is 7.37. The van der Waals surface area contributed by atoms with Crippen LogP contribution in [0.1, 0.15) is 35.6 Å². The molecule has 0 saturated carbocycles. The van der Waals surface area contributed by atoms with Gasteiger partial charge in [-0.25, -0.2) is 0 Å². The van der Waals surface area contributed by atoms with Crippen molar-refractivity contribution in [3.63, 3.8) is 0 Å². The van der Waals surface area contributed by atoms with Gasteiger partial charge >= 0.3 is 0 Å². The number of nitrogens with zero attached hydrogens (tertiary/aromatic N) is 1. The summed E-state index contributed by atoms with van der Waals surface area (Å²) in [6, 6.07) is 17.8. The highest BCUT2D eigenvalue weighted by Crippen LogP contribution is 2.50. The summed E-state index contributed by atoms with van der Waals surface area (Å²) in [7, 11) is 0. The molecule has 0 aromatic heterocycles. The van der Waals surface area contributed by atoms with E-state index in [-0.39, 0.29) is 11.9 Å². The molecule has 2 aromatic rings. The number of hydrogen-bond acceptors (Lipinski definition) is 2. The SMILES string of the molecule is O=C1N(Cc2ccccc2)C2CCC1(O)c1ccccc12. The monoisotopic (exact) mass is 279 g/mol. The smallest absolute Gasteiger partial charge is 0.260 e. The fourth-order valence-corrected chi connectivity index (χ4v) is 3.69. The van der Waals surface area contributed by atoms with Crippen molar-refractivity contribution in [1.29, 1.82) is 0 Å². The zero-order valence-electron chi connectivity index (χ0n) is 11.7. The van der Waals surface area contributed by atoms with Crippen LogP contribution in [0, 0.1) is 0 Å². The van der Waals surface area contributed by atoms with Gasteiger partial charge in [0.15, 0.2) is 5.60 Å². The highest BCUT2D eigenvalue weighted by atomic mass is 16.3. The van der Waals surface area contributed by atoms with Gasteiger partial charge in [0.2, 0.25) is 0 Å². The van der Waals surface area contributed by atoms with Gasteiger partial charge in [-0.2, -0.15) is 0 Å². The minimum absolute atomic E-state index is 0.0860. The Morgan fingerprint density at radius 3 is 2.62 bits per heavy atom. The Balaban J connectivity index is 1.77. The Bertz CT molecular complexity index is 697. The van der Waals surface area contributed by atoms with E-state index in [0.29, 0.717) is 13.0 Å². The van der Waals surface area contributed by atoms with Crippen molar-refractivity contribution < 1.29 is 9.90 Å². The highest BCUT2D eigenvalue weighted by Gasteiger charge is 2.53. The standard InChI is InChI=1S/C18H17NO2/c20-17-18(21)11-10-16(14-8-4-5-9-15(14)18)19(17)12-13-6-2-1-3-7-13/h1-9,16,21H,10-12H2. The van der Waals surface area contributed by atoms with Crippen LogP contribution in [0.4, 0.5) is 0 Å². The fraction of sp³-hybridized carbons (Fsp3) is 0.278. The fourth-order valence-electron chi connectivity index (χ4n) is 3.69. The first-order chi connectivity index (χ1) is 10.2. The van der Waals surface area contributed by atoms with Crippen LogP contribution in [0.2, 0.25) is 0 Å². The first-order valence-electron chi connectivity index (χ1n) is 7.37. The predicted octanol–water partition coefficient (Wildman–Crippen LogP) is 2.75. The number of carbonyl (C=O) groups excluding carboxylic acids is 1. The van der Waals surface area contributed by atoms with Crippen LogP contribution in [0.15, 0.2) is 54.6 Å². The number of rotatable bonds is 2. The molecule has 1 N–H and O–H groups in total. The van der Waals surface area contributed by atoms with Crippen LogP contribution in [0.25, 0.3) is 0 Å². The predicted molar refractivity (Wildman–Crippen MR) is 79.3 cm³/mol. The van der Waals surface area contributed by atoms with Gasteiger partial charge in [-0.1, -0.05) is 54.6 Å². The van der Waals surface area contributed by atoms with E-state index < -0.39 is 5.60 Å². The molecule has 1 saturated heterocycles. The van der Waals surface area contributed by atoms with Crippen molar-refractivity contribution in [3.05, 3.63) is 71.3 Å². The van der Waals surface area contributed by atoms with Gasteiger partial charge in [-0.3, -0.25) is 4.79 Å². The minimum atomic E-state index is -1.33. The van der Waals surface area contributed by atoms with Gasteiger partial charge in [0, 0.05) is 6.54 Å². The molecule has 3 nitrogen and oxygen atoms in total. The molecule has 2 aliphatic heterocycles. The molecule has 2 unspecified atom stereocenters.